The number of rotatable bonds is 1. The van der Waals surface area contributed by atoms with E-state index in [1.807, 2.05) is 0 Å². The molecule has 2 nitrogen and oxygen atoms in total. The van der Waals surface area contributed by atoms with E-state index < -0.39 is 18.0 Å². The SMILES string of the molecule is N#Cc1cccc(C(F)C(F)(F)F)n1. The molecule has 0 aliphatic heterocycles. The summed E-state index contributed by atoms with van der Waals surface area (Å²) in [5.41, 5.74) is -1.04. The molecule has 0 saturated heterocycles. The van der Waals surface area contributed by atoms with Gasteiger partial charge in [0.1, 0.15) is 11.8 Å². The van der Waals surface area contributed by atoms with Crippen LogP contribution in [0.4, 0.5) is 17.6 Å². The van der Waals surface area contributed by atoms with Crippen LogP contribution in [-0.2, 0) is 0 Å². The van der Waals surface area contributed by atoms with Gasteiger partial charge in [0.15, 0.2) is 0 Å². The minimum absolute atomic E-state index is 0.241. The van der Waals surface area contributed by atoms with Crippen molar-refractivity contribution in [2.75, 3.05) is 0 Å². The van der Waals surface area contributed by atoms with Gasteiger partial charge in [-0.25, -0.2) is 9.37 Å². The smallest absolute Gasteiger partial charge is 0.239 e. The number of hydrogen-bond donors (Lipinski definition) is 0. The van der Waals surface area contributed by atoms with Crippen LogP contribution >= 0.6 is 0 Å². The summed E-state index contributed by atoms with van der Waals surface area (Å²) in [5, 5.41) is 8.33. The van der Waals surface area contributed by atoms with Crippen molar-refractivity contribution in [2.45, 2.75) is 12.3 Å². The third-order valence-corrected chi connectivity index (χ3v) is 1.43. The van der Waals surface area contributed by atoms with Crippen LogP contribution in [0.3, 0.4) is 0 Å². The quantitative estimate of drug-likeness (QED) is 0.659. The molecule has 1 aromatic heterocycles. The summed E-state index contributed by atoms with van der Waals surface area (Å²) in [6.45, 7) is 0. The number of alkyl halides is 4. The first-order valence-electron chi connectivity index (χ1n) is 3.53. The summed E-state index contributed by atoms with van der Waals surface area (Å²) < 4.78 is 48.3. The molecule has 1 rings (SSSR count). The van der Waals surface area contributed by atoms with Gasteiger partial charge in [-0.1, -0.05) is 6.07 Å². The highest BCUT2D eigenvalue weighted by atomic mass is 19.4. The van der Waals surface area contributed by atoms with Crippen molar-refractivity contribution in [2.24, 2.45) is 0 Å². The van der Waals surface area contributed by atoms with Crippen molar-refractivity contribution >= 4 is 0 Å². The topological polar surface area (TPSA) is 36.7 Å². The number of pyridine rings is 1. The molecule has 6 heteroatoms. The summed E-state index contributed by atoms with van der Waals surface area (Å²) >= 11 is 0. The van der Waals surface area contributed by atoms with E-state index in [1.54, 1.807) is 0 Å². The first-order valence-corrected chi connectivity index (χ1v) is 3.53. The minimum atomic E-state index is -4.99. The molecule has 0 radical (unpaired) electrons. The highest BCUT2D eigenvalue weighted by Gasteiger charge is 2.42. The van der Waals surface area contributed by atoms with Gasteiger partial charge in [-0.05, 0) is 12.1 Å². The molecule has 1 aromatic rings. The molecule has 0 spiro atoms. The minimum Gasteiger partial charge on any atom is -0.239 e. The van der Waals surface area contributed by atoms with Crippen LogP contribution < -0.4 is 0 Å². The molecule has 1 heterocycles. The Labute approximate surface area is 76.8 Å². The number of halogens is 4. The molecule has 0 aliphatic carbocycles. The third kappa shape index (κ3) is 2.19. The largest absolute Gasteiger partial charge is 0.425 e. The Morgan fingerprint density at radius 3 is 2.50 bits per heavy atom. The van der Waals surface area contributed by atoms with Crippen molar-refractivity contribution in [1.29, 1.82) is 5.26 Å². The van der Waals surface area contributed by atoms with Crippen molar-refractivity contribution < 1.29 is 17.6 Å². The molecule has 1 unspecified atom stereocenters. The van der Waals surface area contributed by atoms with Crippen molar-refractivity contribution in [3.05, 3.63) is 29.6 Å². The fourth-order valence-electron chi connectivity index (χ4n) is 0.823. The van der Waals surface area contributed by atoms with Gasteiger partial charge in [0.25, 0.3) is 0 Å². The van der Waals surface area contributed by atoms with E-state index in [0.29, 0.717) is 0 Å². The van der Waals surface area contributed by atoms with Crippen molar-refractivity contribution in [1.82, 2.24) is 4.98 Å². The maximum absolute atomic E-state index is 12.7. The highest BCUT2D eigenvalue weighted by Crippen LogP contribution is 2.34. The lowest BCUT2D eigenvalue weighted by Crippen LogP contribution is -2.17. The third-order valence-electron chi connectivity index (χ3n) is 1.43. The normalized spacial score (nSPS) is 13.4. The molecule has 0 aromatic carbocycles. The molecule has 0 bridgehead atoms. The second kappa shape index (κ2) is 3.62. The number of aromatic nitrogens is 1. The maximum atomic E-state index is 12.7. The summed E-state index contributed by atoms with van der Waals surface area (Å²) in [6.07, 6.45) is -8.13. The number of nitrogens with zero attached hydrogens (tertiary/aromatic N) is 2. The molecule has 0 saturated carbocycles. The number of nitriles is 1. The standard InChI is InChI=1S/C8H4F4N2/c9-7(8(10,11)12)6-3-1-2-5(4-13)14-6/h1-3,7H. The molecule has 14 heavy (non-hydrogen) atoms. The van der Waals surface area contributed by atoms with Crippen molar-refractivity contribution in [3.63, 3.8) is 0 Å². The summed E-state index contributed by atoms with van der Waals surface area (Å²) in [6, 6.07) is 4.77. The van der Waals surface area contributed by atoms with Gasteiger partial charge in [-0.3, -0.25) is 0 Å². The maximum Gasteiger partial charge on any atom is 0.425 e. The van der Waals surface area contributed by atoms with E-state index in [1.165, 1.54) is 12.1 Å². The molecule has 74 valence electrons. The summed E-state index contributed by atoms with van der Waals surface area (Å²) in [5.74, 6) is 0. The lowest BCUT2D eigenvalue weighted by Gasteiger charge is -2.11. The van der Waals surface area contributed by atoms with Gasteiger partial charge in [-0.15, -0.1) is 0 Å². The average molecular weight is 204 g/mol. The van der Waals surface area contributed by atoms with Crippen LogP contribution in [0.5, 0.6) is 0 Å². The zero-order valence-corrected chi connectivity index (χ0v) is 6.72. The van der Waals surface area contributed by atoms with Crippen LogP contribution in [0.1, 0.15) is 17.6 Å². The molecule has 0 amide bonds. The van der Waals surface area contributed by atoms with Crippen LogP contribution in [0.25, 0.3) is 0 Å². The molecular weight excluding hydrogens is 200 g/mol. The molecule has 0 fully saturated rings. The first kappa shape index (κ1) is 10.4. The van der Waals surface area contributed by atoms with Gasteiger partial charge in [-0.2, -0.15) is 18.4 Å². The van der Waals surface area contributed by atoms with Crippen LogP contribution in [-0.4, -0.2) is 11.2 Å². The Bertz CT molecular complexity index is 366. The Hall–Kier alpha value is -1.64. The Balaban J connectivity index is 3.03. The average Bonchev–Trinajstić information content (AvgIpc) is 2.15. The van der Waals surface area contributed by atoms with Gasteiger partial charge >= 0.3 is 6.18 Å². The number of hydrogen-bond acceptors (Lipinski definition) is 2. The van der Waals surface area contributed by atoms with Gasteiger partial charge in [0.2, 0.25) is 6.17 Å². The lowest BCUT2D eigenvalue weighted by molar-refractivity contribution is -0.183. The van der Waals surface area contributed by atoms with Crippen LogP contribution in [0.15, 0.2) is 18.2 Å². The van der Waals surface area contributed by atoms with E-state index in [0.717, 1.165) is 12.1 Å². The first-order chi connectivity index (χ1) is 6.45. The monoisotopic (exact) mass is 204 g/mol. The second-order valence-corrected chi connectivity index (χ2v) is 2.46. The van der Waals surface area contributed by atoms with Crippen LogP contribution in [0.2, 0.25) is 0 Å². The summed E-state index contributed by atoms with van der Waals surface area (Å²) in [4.78, 5) is 3.20. The zero-order valence-electron chi connectivity index (χ0n) is 6.72. The zero-order chi connectivity index (χ0) is 10.8. The lowest BCUT2D eigenvalue weighted by atomic mass is 10.2. The second-order valence-electron chi connectivity index (χ2n) is 2.46. The molecular formula is C8H4F4N2. The van der Waals surface area contributed by atoms with Gasteiger partial charge in [0, 0.05) is 0 Å². The van der Waals surface area contributed by atoms with E-state index in [2.05, 4.69) is 4.98 Å². The van der Waals surface area contributed by atoms with E-state index in [4.69, 9.17) is 5.26 Å². The van der Waals surface area contributed by atoms with E-state index in [9.17, 15) is 17.6 Å². The molecule has 1 atom stereocenters. The fourth-order valence-corrected chi connectivity index (χ4v) is 0.823. The van der Waals surface area contributed by atoms with Crippen LogP contribution in [0, 0.1) is 11.3 Å². The fraction of sp³-hybridized carbons (Fsp3) is 0.250. The predicted molar refractivity (Wildman–Crippen MR) is 38.9 cm³/mol. The van der Waals surface area contributed by atoms with Gasteiger partial charge in [0.05, 0.1) is 5.69 Å². The Kier molecular flexibility index (Phi) is 2.70. The summed E-state index contributed by atoms with van der Waals surface area (Å²) in [7, 11) is 0. The Morgan fingerprint density at radius 1 is 1.36 bits per heavy atom. The molecule has 0 aliphatic rings. The Morgan fingerprint density at radius 2 is 2.00 bits per heavy atom. The molecule has 0 N–H and O–H groups in total. The highest BCUT2D eigenvalue weighted by molar-refractivity contribution is 5.23. The van der Waals surface area contributed by atoms with E-state index in [-0.39, 0.29) is 5.69 Å². The van der Waals surface area contributed by atoms with Crippen molar-refractivity contribution in [3.8, 4) is 6.07 Å². The van der Waals surface area contributed by atoms with E-state index >= 15 is 0 Å². The van der Waals surface area contributed by atoms with Gasteiger partial charge < -0.3 is 0 Å². The predicted octanol–water partition coefficient (Wildman–Crippen LogP) is 2.53.